The van der Waals surface area contributed by atoms with Crippen LogP contribution in [0.4, 0.5) is 5.95 Å². The third kappa shape index (κ3) is 3.65. The molecular formula is C8H14Cl2N4. The minimum Gasteiger partial charge on any atom is -0.350 e. The number of rotatable bonds is 2. The molecule has 0 aromatic carbocycles. The lowest BCUT2D eigenvalue weighted by atomic mass is 10.3. The molecule has 2 N–H and O–H groups in total. The van der Waals surface area contributed by atoms with Gasteiger partial charge in [-0.05, 0) is 19.0 Å². The number of anilines is 1. The molecule has 1 aliphatic heterocycles. The Morgan fingerprint density at radius 3 is 2.57 bits per heavy atom. The zero-order valence-corrected chi connectivity index (χ0v) is 9.27. The van der Waals surface area contributed by atoms with Crippen molar-refractivity contribution in [2.75, 3.05) is 18.4 Å². The molecule has 2 rings (SSSR count). The van der Waals surface area contributed by atoms with Gasteiger partial charge in [0.05, 0.1) is 0 Å². The fraction of sp³-hybridized carbons (Fsp3) is 0.500. The van der Waals surface area contributed by atoms with Crippen LogP contribution >= 0.6 is 24.8 Å². The van der Waals surface area contributed by atoms with Crippen LogP contribution in [0.5, 0.6) is 0 Å². The lowest BCUT2D eigenvalue weighted by Gasteiger charge is -2.09. The minimum absolute atomic E-state index is 0. The molecule has 4 nitrogen and oxygen atoms in total. The Hall–Kier alpha value is -0.580. The van der Waals surface area contributed by atoms with E-state index in [1.54, 1.807) is 12.4 Å². The van der Waals surface area contributed by atoms with Crippen molar-refractivity contribution in [1.82, 2.24) is 15.3 Å². The lowest BCUT2D eigenvalue weighted by Crippen LogP contribution is -2.23. The summed E-state index contributed by atoms with van der Waals surface area (Å²) in [4.78, 5) is 8.18. The second-order valence-electron chi connectivity index (χ2n) is 2.91. The van der Waals surface area contributed by atoms with E-state index in [0.717, 1.165) is 25.5 Å². The highest BCUT2D eigenvalue weighted by molar-refractivity contribution is 5.85. The van der Waals surface area contributed by atoms with Crippen molar-refractivity contribution >= 4 is 30.8 Å². The molecule has 2 heterocycles. The van der Waals surface area contributed by atoms with Gasteiger partial charge in [-0.25, -0.2) is 9.97 Å². The van der Waals surface area contributed by atoms with E-state index < -0.39 is 0 Å². The van der Waals surface area contributed by atoms with Crippen LogP contribution < -0.4 is 10.6 Å². The fourth-order valence-electron chi connectivity index (χ4n) is 1.33. The predicted molar refractivity (Wildman–Crippen MR) is 61.4 cm³/mol. The van der Waals surface area contributed by atoms with Gasteiger partial charge in [0.2, 0.25) is 5.95 Å². The summed E-state index contributed by atoms with van der Waals surface area (Å²) in [6, 6.07) is 2.31. The number of nitrogens with zero attached hydrogens (tertiary/aromatic N) is 2. The molecule has 14 heavy (non-hydrogen) atoms. The van der Waals surface area contributed by atoms with Gasteiger partial charge in [-0.1, -0.05) is 0 Å². The molecule has 80 valence electrons. The first-order valence-corrected chi connectivity index (χ1v) is 4.19. The third-order valence-corrected chi connectivity index (χ3v) is 1.96. The molecule has 1 fully saturated rings. The predicted octanol–water partition coefficient (Wildman–Crippen LogP) is 1.09. The van der Waals surface area contributed by atoms with Crippen LogP contribution in [0.15, 0.2) is 18.5 Å². The average molecular weight is 237 g/mol. The first-order valence-electron chi connectivity index (χ1n) is 4.19. The molecule has 0 bridgehead atoms. The summed E-state index contributed by atoms with van der Waals surface area (Å²) in [6.07, 6.45) is 4.65. The minimum atomic E-state index is 0. The molecule has 1 aromatic heterocycles. The quantitative estimate of drug-likeness (QED) is 0.808. The van der Waals surface area contributed by atoms with Gasteiger partial charge in [0, 0.05) is 25.0 Å². The zero-order valence-electron chi connectivity index (χ0n) is 7.64. The molecule has 0 amide bonds. The van der Waals surface area contributed by atoms with Crippen molar-refractivity contribution in [2.24, 2.45) is 0 Å². The standard InChI is InChI=1S/C8H12N4.2ClH/c1-3-10-8(11-4-1)12-7-2-5-9-6-7;;/h1,3-4,7,9H,2,5-6H2,(H,10,11,12);2*1H/t7-;;/m0../s1. The largest absolute Gasteiger partial charge is 0.350 e. The van der Waals surface area contributed by atoms with Crippen LogP contribution in [0.3, 0.4) is 0 Å². The van der Waals surface area contributed by atoms with Crippen molar-refractivity contribution in [3.8, 4) is 0 Å². The molecule has 6 heteroatoms. The van der Waals surface area contributed by atoms with Gasteiger partial charge in [-0.2, -0.15) is 0 Å². The van der Waals surface area contributed by atoms with Gasteiger partial charge in [0.1, 0.15) is 0 Å². The van der Waals surface area contributed by atoms with E-state index >= 15 is 0 Å². The highest BCUT2D eigenvalue weighted by atomic mass is 35.5. The van der Waals surface area contributed by atoms with Crippen molar-refractivity contribution in [2.45, 2.75) is 12.5 Å². The number of aromatic nitrogens is 2. The maximum atomic E-state index is 4.09. The van der Waals surface area contributed by atoms with E-state index in [1.807, 2.05) is 6.07 Å². The molecule has 0 unspecified atom stereocenters. The number of halogens is 2. The van der Waals surface area contributed by atoms with E-state index in [4.69, 9.17) is 0 Å². The van der Waals surface area contributed by atoms with Crippen LogP contribution in [0.25, 0.3) is 0 Å². The highest BCUT2D eigenvalue weighted by Gasteiger charge is 2.14. The van der Waals surface area contributed by atoms with Gasteiger partial charge < -0.3 is 10.6 Å². The van der Waals surface area contributed by atoms with E-state index in [-0.39, 0.29) is 24.8 Å². The van der Waals surface area contributed by atoms with Crippen molar-refractivity contribution in [3.05, 3.63) is 18.5 Å². The fourth-order valence-corrected chi connectivity index (χ4v) is 1.33. The zero-order chi connectivity index (χ0) is 8.23. The molecule has 0 saturated carbocycles. The summed E-state index contributed by atoms with van der Waals surface area (Å²) in [5.41, 5.74) is 0. The average Bonchev–Trinajstić information content (AvgIpc) is 2.59. The molecular weight excluding hydrogens is 223 g/mol. The maximum Gasteiger partial charge on any atom is 0.222 e. The van der Waals surface area contributed by atoms with Gasteiger partial charge in [-0.15, -0.1) is 24.8 Å². The van der Waals surface area contributed by atoms with E-state index in [9.17, 15) is 0 Å². The summed E-state index contributed by atoms with van der Waals surface area (Å²) >= 11 is 0. The van der Waals surface area contributed by atoms with Crippen molar-refractivity contribution in [1.29, 1.82) is 0 Å². The summed E-state index contributed by atoms with van der Waals surface area (Å²) < 4.78 is 0. The Bertz CT molecular complexity index is 238. The van der Waals surface area contributed by atoms with Crippen LogP contribution in [-0.2, 0) is 0 Å². The van der Waals surface area contributed by atoms with Gasteiger partial charge in [0.15, 0.2) is 0 Å². The first kappa shape index (κ1) is 13.4. The summed E-state index contributed by atoms with van der Waals surface area (Å²) in [5.74, 6) is 0.728. The summed E-state index contributed by atoms with van der Waals surface area (Å²) in [5, 5.41) is 6.53. The second kappa shape index (κ2) is 6.81. The van der Waals surface area contributed by atoms with Gasteiger partial charge in [0.25, 0.3) is 0 Å². The highest BCUT2D eigenvalue weighted by Crippen LogP contribution is 2.04. The monoisotopic (exact) mass is 236 g/mol. The number of nitrogens with one attached hydrogen (secondary N) is 2. The Labute approximate surface area is 95.7 Å². The SMILES string of the molecule is Cl.Cl.c1cnc(N[C@H]2CCNC2)nc1. The number of hydrogen-bond donors (Lipinski definition) is 2. The van der Waals surface area contributed by atoms with Crippen LogP contribution in [-0.4, -0.2) is 29.1 Å². The Morgan fingerprint density at radius 2 is 2.00 bits per heavy atom. The molecule has 0 spiro atoms. The van der Waals surface area contributed by atoms with Gasteiger partial charge in [-0.3, -0.25) is 0 Å². The van der Waals surface area contributed by atoms with E-state index in [2.05, 4.69) is 20.6 Å². The summed E-state index contributed by atoms with van der Waals surface area (Å²) in [6.45, 7) is 2.10. The molecule has 1 saturated heterocycles. The Morgan fingerprint density at radius 1 is 1.29 bits per heavy atom. The molecule has 0 radical (unpaired) electrons. The normalized spacial score (nSPS) is 19.3. The topological polar surface area (TPSA) is 49.8 Å². The third-order valence-electron chi connectivity index (χ3n) is 1.96. The molecule has 1 aromatic rings. The Kier molecular flexibility index (Phi) is 6.53. The van der Waals surface area contributed by atoms with Crippen molar-refractivity contribution < 1.29 is 0 Å². The maximum absolute atomic E-state index is 4.09. The smallest absolute Gasteiger partial charge is 0.222 e. The van der Waals surface area contributed by atoms with E-state index in [0.29, 0.717) is 6.04 Å². The van der Waals surface area contributed by atoms with Crippen LogP contribution in [0.2, 0.25) is 0 Å². The van der Waals surface area contributed by atoms with Crippen LogP contribution in [0.1, 0.15) is 6.42 Å². The second-order valence-corrected chi connectivity index (χ2v) is 2.91. The molecule has 1 atom stereocenters. The van der Waals surface area contributed by atoms with Crippen molar-refractivity contribution in [3.63, 3.8) is 0 Å². The Balaban J connectivity index is 0.000000845. The first-order chi connectivity index (χ1) is 5.95. The summed E-state index contributed by atoms with van der Waals surface area (Å²) in [7, 11) is 0. The molecule has 1 aliphatic rings. The van der Waals surface area contributed by atoms with Crippen LogP contribution in [0, 0.1) is 0 Å². The molecule has 0 aliphatic carbocycles. The number of hydrogen-bond acceptors (Lipinski definition) is 4. The van der Waals surface area contributed by atoms with E-state index in [1.165, 1.54) is 0 Å². The van der Waals surface area contributed by atoms with Gasteiger partial charge >= 0.3 is 0 Å². The lowest BCUT2D eigenvalue weighted by molar-refractivity contribution is 0.780.